The lowest BCUT2D eigenvalue weighted by Gasteiger charge is -2.18. The molecule has 0 bridgehead atoms. The molecule has 0 radical (unpaired) electrons. The molecular weight excluding hydrogens is 284 g/mol. The van der Waals surface area contributed by atoms with Crippen molar-refractivity contribution in [3.8, 4) is 5.75 Å². The van der Waals surface area contributed by atoms with E-state index < -0.39 is 12.5 Å². The minimum atomic E-state index is -3.06. The van der Waals surface area contributed by atoms with Crippen molar-refractivity contribution in [1.29, 1.82) is 0 Å². The number of benzene rings is 1. The Bertz CT molecular complexity index is 575. The zero-order chi connectivity index (χ0) is 14.6. The van der Waals surface area contributed by atoms with Crippen LogP contribution in [-0.2, 0) is 11.8 Å². The molecule has 20 heavy (non-hydrogen) atoms. The van der Waals surface area contributed by atoms with Crippen LogP contribution in [0.3, 0.4) is 0 Å². The highest BCUT2D eigenvalue weighted by molar-refractivity contribution is 6.17. The Hall–Kier alpha value is -1.68. The Morgan fingerprint density at radius 1 is 1.15 bits per heavy atom. The molecule has 0 aliphatic carbocycles. The summed E-state index contributed by atoms with van der Waals surface area (Å²) in [5, 5.41) is 0. The molecule has 0 unspecified atom stereocenters. The van der Waals surface area contributed by atoms with E-state index in [4.69, 9.17) is 16.3 Å². The van der Waals surface area contributed by atoms with E-state index in [-0.39, 0.29) is 11.4 Å². The molecule has 0 aliphatic rings. The number of alkyl halides is 3. The topological polar surface area (TPSA) is 22.1 Å². The second kappa shape index (κ2) is 6.18. The molecule has 1 heterocycles. The van der Waals surface area contributed by atoms with Gasteiger partial charge in [-0.15, -0.1) is 11.6 Å². The first kappa shape index (κ1) is 14.7. The minimum absolute atomic E-state index is 0.0764. The van der Waals surface area contributed by atoms with Crippen molar-refractivity contribution >= 4 is 11.6 Å². The summed E-state index contributed by atoms with van der Waals surface area (Å²) < 4.78 is 33.2. The second-order valence-electron chi connectivity index (χ2n) is 4.39. The first-order valence-electron chi connectivity index (χ1n) is 6.11. The van der Waals surface area contributed by atoms with Gasteiger partial charge in [-0.3, -0.25) is 4.98 Å². The Balaban J connectivity index is 2.12. The summed E-state index contributed by atoms with van der Waals surface area (Å²) in [5.74, 6) is -2.65. The number of aryl methyl sites for hydroxylation is 1. The highest BCUT2D eigenvalue weighted by Crippen LogP contribution is 2.29. The molecular formula is C15H14ClF2NO. The van der Waals surface area contributed by atoms with Crippen LogP contribution in [0.5, 0.6) is 5.75 Å². The van der Waals surface area contributed by atoms with Crippen LogP contribution in [0.4, 0.5) is 8.78 Å². The van der Waals surface area contributed by atoms with Gasteiger partial charge in [-0.25, -0.2) is 0 Å². The van der Waals surface area contributed by atoms with Crippen molar-refractivity contribution in [1.82, 2.24) is 4.98 Å². The number of nitrogens with zero attached hydrogens (tertiary/aromatic N) is 1. The maximum atomic E-state index is 14.0. The van der Waals surface area contributed by atoms with Gasteiger partial charge in [0.2, 0.25) is 0 Å². The number of hydrogen-bond acceptors (Lipinski definition) is 2. The van der Waals surface area contributed by atoms with Gasteiger partial charge in [0.1, 0.15) is 5.75 Å². The van der Waals surface area contributed by atoms with Gasteiger partial charge in [0.15, 0.2) is 6.61 Å². The molecule has 0 saturated carbocycles. The summed E-state index contributed by atoms with van der Waals surface area (Å²) in [4.78, 5) is 4.16. The summed E-state index contributed by atoms with van der Waals surface area (Å²) in [6.45, 7) is 1.06. The number of pyridine rings is 1. The first-order chi connectivity index (χ1) is 9.53. The molecule has 1 aromatic carbocycles. The van der Waals surface area contributed by atoms with E-state index in [0.29, 0.717) is 11.4 Å². The zero-order valence-electron chi connectivity index (χ0n) is 10.9. The lowest BCUT2D eigenvalue weighted by molar-refractivity contribution is -0.0469. The van der Waals surface area contributed by atoms with E-state index in [0.717, 1.165) is 5.69 Å². The highest BCUT2D eigenvalue weighted by atomic mass is 35.5. The van der Waals surface area contributed by atoms with Crippen LogP contribution in [0.25, 0.3) is 0 Å². The lowest BCUT2D eigenvalue weighted by Crippen LogP contribution is -2.23. The van der Waals surface area contributed by atoms with E-state index in [1.165, 1.54) is 12.1 Å². The Morgan fingerprint density at radius 3 is 2.50 bits per heavy atom. The molecule has 106 valence electrons. The van der Waals surface area contributed by atoms with E-state index in [9.17, 15) is 8.78 Å². The Kier molecular flexibility index (Phi) is 4.55. The van der Waals surface area contributed by atoms with Crippen molar-refractivity contribution < 1.29 is 13.5 Å². The molecule has 0 aliphatic heterocycles. The second-order valence-corrected chi connectivity index (χ2v) is 4.66. The van der Waals surface area contributed by atoms with Crippen molar-refractivity contribution in [3.63, 3.8) is 0 Å². The van der Waals surface area contributed by atoms with Gasteiger partial charge in [0.05, 0.1) is 11.6 Å². The maximum absolute atomic E-state index is 14.0. The van der Waals surface area contributed by atoms with Crippen LogP contribution in [0.15, 0.2) is 42.5 Å². The standard InChI is InChI=1S/C15H14ClF2NO/c1-11-7-8-14(13(9-16)19-11)20-10-15(17,18)12-5-3-2-4-6-12/h2-8H,9-10H2,1H3. The van der Waals surface area contributed by atoms with Crippen molar-refractivity contribution in [2.75, 3.05) is 6.61 Å². The van der Waals surface area contributed by atoms with Crippen molar-refractivity contribution in [2.24, 2.45) is 0 Å². The molecule has 0 saturated heterocycles. The first-order valence-corrected chi connectivity index (χ1v) is 6.65. The van der Waals surface area contributed by atoms with Crippen LogP contribution < -0.4 is 4.74 Å². The Labute approximate surface area is 121 Å². The van der Waals surface area contributed by atoms with E-state index in [2.05, 4.69) is 4.98 Å². The lowest BCUT2D eigenvalue weighted by atomic mass is 10.1. The molecule has 0 N–H and O–H groups in total. The van der Waals surface area contributed by atoms with Gasteiger partial charge in [-0.05, 0) is 19.1 Å². The highest BCUT2D eigenvalue weighted by Gasteiger charge is 2.32. The van der Waals surface area contributed by atoms with Gasteiger partial charge in [0, 0.05) is 11.3 Å². The summed E-state index contributed by atoms with van der Waals surface area (Å²) in [6.07, 6.45) is 0. The summed E-state index contributed by atoms with van der Waals surface area (Å²) >= 11 is 5.74. The average molecular weight is 298 g/mol. The fraction of sp³-hybridized carbons (Fsp3) is 0.267. The smallest absolute Gasteiger partial charge is 0.306 e. The van der Waals surface area contributed by atoms with Crippen LogP contribution in [0, 0.1) is 6.92 Å². The SMILES string of the molecule is Cc1ccc(OCC(F)(F)c2ccccc2)c(CCl)n1. The number of hydrogen-bond donors (Lipinski definition) is 0. The summed E-state index contributed by atoms with van der Waals surface area (Å²) in [5.41, 5.74) is 1.16. The normalized spacial score (nSPS) is 11.4. The fourth-order valence-electron chi connectivity index (χ4n) is 1.76. The third kappa shape index (κ3) is 3.45. The molecule has 2 rings (SSSR count). The molecule has 0 atom stereocenters. The van der Waals surface area contributed by atoms with Gasteiger partial charge < -0.3 is 4.74 Å². The zero-order valence-corrected chi connectivity index (χ0v) is 11.7. The fourth-order valence-corrected chi connectivity index (χ4v) is 1.95. The third-order valence-electron chi connectivity index (χ3n) is 2.80. The summed E-state index contributed by atoms with van der Waals surface area (Å²) in [6, 6.07) is 10.9. The molecule has 2 aromatic rings. The van der Waals surface area contributed by atoms with Crippen LogP contribution in [0.2, 0.25) is 0 Å². The van der Waals surface area contributed by atoms with Crippen molar-refractivity contribution in [2.45, 2.75) is 18.7 Å². The van der Waals surface area contributed by atoms with Crippen LogP contribution >= 0.6 is 11.6 Å². The van der Waals surface area contributed by atoms with E-state index in [1.54, 1.807) is 37.3 Å². The molecule has 0 fully saturated rings. The quantitative estimate of drug-likeness (QED) is 0.768. The van der Waals surface area contributed by atoms with Crippen LogP contribution in [0.1, 0.15) is 17.0 Å². The molecule has 1 aromatic heterocycles. The van der Waals surface area contributed by atoms with Gasteiger partial charge in [-0.1, -0.05) is 30.3 Å². The molecule has 5 heteroatoms. The predicted octanol–water partition coefficient (Wildman–Crippen LogP) is 4.30. The largest absolute Gasteiger partial charge is 0.485 e. The molecule has 0 amide bonds. The van der Waals surface area contributed by atoms with Gasteiger partial charge >= 0.3 is 5.92 Å². The predicted molar refractivity (Wildman–Crippen MR) is 74.4 cm³/mol. The Morgan fingerprint density at radius 2 is 1.85 bits per heavy atom. The van der Waals surface area contributed by atoms with E-state index >= 15 is 0 Å². The van der Waals surface area contributed by atoms with Gasteiger partial charge in [0.25, 0.3) is 0 Å². The number of aromatic nitrogens is 1. The summed E-state index contributed by atoms with van der Waals surface area (Å²) in [7, 11) is 0. The molecule has 2 nitrogen and oxygen atoms in total. The number of rotatable bonds is 5. The minimum Gasteiger partial charge on any atom is -0.485 e. The number of ether oxygens (including phenoxy) is 1. The van der Waals surface area contributed by atoms with Gasteiger partial charge in [-0.2, -0.15) is 8.78 Å². The monoisotopic (exact) mass is 297 g/mol. The third-order valence-corrected chi connectivity index (χ3v) is 3.06. The average Bonchev–Trinajstić information content (AvgIpc) is 2.46. The van der Waals surface area contributed by atoms with Crippen LogP contribution in [-0.4, -0.2) is 11.6 Å². The van der Waals surface area contributed by atoms with E-state index in [1.807, 2.05) is 0 Å². The molecule has 0 spiro atoms. The van der Waals surface area contributed by atoms with Crippen molar-refractivity contribution in [3.05, 3.63) is 59.4 Å². The number of halogens is 3. The maximum Gasteiger partial charge on any atom is 0.306 e.